The summed E-state index contributed by atoms with van der Waals surface area (Å²) in [6.07, 6.45) is 6.89. The van der Waals surface area contributed by atoms with Crippen LogP contribution in [-0.2, 0) is 16.4 Å². The second-order valence-electron chi connectivity index (χ2n) is 10.7. The molecule has 1 atom stereocenters. The molecule has 0 unspecified atom stereocenters. The molecule has 43 heavy (non-hydrogen) atoms. The summed E-state index contributed by atoms with van der Waals surface area (Å²) in [6, 6.07) is 17.1. The summed E-state index contributed by atoms with van der Waals surface area (Å²) in [4.78, 5) is 14.4. The van der Waals surface area contributed by atoms with E-state index in [4.69, 9.17) is 16.3 Å². The summed E-state index contributed by atoms with van der Waals surface area (Å²) >= 11 is 7.99. The number of thiazole rings is 1. The van der Waals surface area contributed by atoms with Crippen molar-refractivity contribution in [2.24, 2.45) is 5.92 Å². The fourth-order valence-corrected chi connectivity index (χ4v) is 6.90. The Morgan fingerprint density at radius 1 is 1.09 bits per heavy atom. The van der Waals surface area contributed by atoms with Crippen molar-refractivity contribution >= 4 is 55.2 Å². The molecule has 222 valence electrons. The number of nitrogens with zero attached hydrogens (tertiary/aromatic N) is 3. The van der Waals surface area contributed by atoms with Crippen molar-refractivity contribution in [3.05, 3.63) is 94.5 Å². The summed E-state index contributed by atoms with van der Waals surface area (Å²) < 4.78 is 43.5. The summed E-state index contributed by atoms with van der Waals surface area (Å²) in [5.41, 5.74) is 3.03. The largest absolute Gasteiger partial charge is 0.487 e. The van der Waals surface area contributed by atoms with Crippen LogP contribution >= 0.6 is 22.9 Å². The summed E-state index contributed by atoms with van der Waals surface area (Å²) in [7, 11) is -3.18. The first-order valence-corrected chi connectivity index (χ1v) is 17.0. The van der Waals surface area contributed by atoms with Gasteiger partial charge in [0.2, 0.25) is 0 Å². The van der Waals surface area contributed by atoms with Crippen LogP contribution in [0.2, 0.25) is 5.02 Å². The second-order valence-corrected chi connectivity index (χ2v) is 14.4. The van der Waals surface area contributed by atoms with Crippen LogP contribution in [0.15, 0.2) is 73.2 Å². The maximum atomic E-state index is 13.5. The van der Waals surface area contributed by atoms with Gasteiger partial charge in [-0.3, -0.25) is 0 Å². The van der Waals surface area contributed by atoms with Gasteiger partial charge >= 0.3 is 0 Å². The lowest BCUT2D eigenvalue weighted by Crippen LogP contribution is -2.28. The molecule has 0 spiro atoms. The molecule has 0 aliphatic heterocycles. The highest BCUT2D eigenvalue weighted by Gasteiger charge is 2.25. The molecule has 3 aromatic carbocycles. The van der Waals surface area contributed by atoms with Gasteiger partial charge in [-0.15, -0.1) is 11.3 Å². The Morgan fingerprint density at radius 3 is 2.72 bits per heavy atom. The average molecular weight is 638 g/mol. The van der Waals surface area contributed by atoms with E-state index in [-0.39, 0.29) is 24.2 Å². The second kappa shape index (κ2) is 12.5. The number of nitrogens with one attached hydrogen (secondary N) is 2. The van der Waals surface area contributed by atoms with Crippen LogP contribution in [0.25, 0.3) is 21.5 Å². The predicted octanol–water partition coefficient (Wildman–Crippen LogP) is 6.95. The molecule has 1 fully saturated rings. The van der Waals surface area contributed by atoms with Gasteiger partial charge in [-0.1, -0.05) is 23.7 Å². The van der Waals surface area contributed by atoms with Gasteiger partial charge in [0.25, 0.3) is 0 Å². The van der Waals surface area contributed by atoms with Crippen LogP contribution in [0.1, 0.15) is 29.3 Å². The molecular formula is C31H29ClFN5O3S2. The molecule has 0 amide bonds. The molecule has 2 N–H and O–H groups in total. The van der Waals surface area contributed by atoms with E-state index in [1.807, 2.05) is 24.3 Å². The first kappa shape index (κ1) is 29.4. The lowest BCUT2D eigenvalue weighted by Gasteiger charge is -2.15. The molecule has 1 aliphatic rings. The third-order valence-electron chi connectivity index (χ3n) is 7.05. The number of aromatic nitrogens is 3. The Bertz CT molecular complexity index is 1880. The van der Waals surface area contributed by atoms with Crippen molar-refractivity contribution < 1.29 is 17.5 Å². The quantitative estimate of drug-likeness (QED) is 0.151. The summed E-state index contributed by atoms with van der Waals surface area (Å²) in [5, 5.41) is 8.73. The molecule has 2 heterocycles. The number of benzene rings is 3. The predicted molar refractivity (Wildman–Crippen MR) is 169 cm³/mol. The fraction of sp³-hybridized carbons (Fsp3) is 0.258. The van der Waals surface area contributed by atoms with Crippen molar-refractivity contribution in [1.82, 2.24) is 20.3 Å². The van der Waals surface area contributed by atoms with Crippen LogP contribution in [0, 0.1) is 11.7 Å². The van der Waals surface area contributed by atoms with E-state index < -0.39 is 9.84 Å². The maximum absolute atomic E-state index is 13.5. The van der Waals surface area contributed by atoms with Gasteiger partial charge in [0, 0.05) is 34.0 Å². The number of hydrogen-bond acceptors (Lipinski definition) is 9. The zero-order chi connectivity index (χ0) is 30.0. The molecule has 0 bridgehead atoms. The number of rotatable bonds is 12. The third-order valence-corrected chi connectivity index (χ3v) is 9.44. The Balaban J connectivity index is 1.21. The van der Waals surface area contributed by atoms with Crippen LogP contribution < -0.4 is 15.4 Å². The van der Waals surface area contributed by atoms with Gasteiger partial charge in [-0.05, 0) is 79.4 Å². The number of halogens is 2. The maximum Gasteiger partial charge on any atom is 0.149 e. The third kappa shape index (κ3) is 7.66. The van der Waals surface area contributed by atoms with Crippen molar-refractivity contribution in [2.45, 2.75) is 25.5 Å². The Hall–Kier alpha value is -3.64. The van der Waals surface area contributed by atoms with Gasteiger partial charge in [-0.2, -0.15) is 0 Å². The van der Waals surface area contributed by atoms with E-state index in [1.54, 1.807) is 30.5 Å². The Morgan fingerprint density at radius 2 is 1.95 bits per heavy atom. The van der Waals surface area contributed by atoms with Gasteiger partial charge in [-0.25, -0.2) is 27.8 Å². The normalized spacial score (nSPS) is 14.1. The van der Waals surface area contributed by atoms with Crippen LogP contribution in [0.4, 0.5) is 15.9 Å². The molecule has 5 aromatic rings. The first-order chi connectivity index (χ1) is 20.7. The zero-order valence-electron chi connectivity index (χ0n) is 23.3. The first-order valence-electron chi connectivity index (χ1n) is 13.8. The molecule has 2 aromatic heterocycles. The van der Waals surface area contributed by atoms with Crippen molar-refractivity contribution in [2.75, 3.05) is 23.9 Å². The van der Waals surface area contributed by atoms with Gasteiger partial charge in [0.15, 0.2) is 0 Å². The molecule has 12 heteroatoms. The van der Waals surface area contributed by atoms with Gasteiger partial charge in [0.05, 0.1) is 22.3 Å². The number of anilines is 2. The van der Waals surface area contributed by atoms with E-state index in [0.29, 0.717) is 33.8 Å². The van der Waals surface area contributed by atoms with E-state index in [9.17, 15) is 12.8 Å². The molecular weight excluding hydrogens is 609 g/mol. The smallest absolute Gasteiger partial charge is 0.149 e. The molecule has 1 saturated carbocycles. The van der Waals surface area contributed by atoms with E-state index in [0.717, 1.165) is 32.9 Å². The summed E-state index contributed by atoms with van der Waals surface area (Å²) in [6.45, 7) is 0.994. The number of ether oxygens (including phenoxy) is 1. The molecule has 6 rings (SSSR count). The molecule has 0 radical (unpaired) electrons. The minimum Gasteiger partial charge on any atom is -0.487 e. The fourth-order valence-electron chi connectivity index (χ4n) is 4.67. The summed E-state index contributed by atoms with van der Waals surface area (Å²) in [5.74, 6) is 1.40. The monoisotopic (exact) mass is 637 g/mol. The van der Waals surface area contributed by atoms with Gasteiger partial charge < -0.3 is 15.4 Å². The van der Waals surface area contributed by atoms with Gasteiger partial charge in [0.1, 0.15) is 45.2 Å². The average Bonchev–Trinajstić information content (AvgIpc) is 3.67. The Labute approximate surface area is 258 Å². The van der Waals surface area contributed by atoms with E-state index in [2.05, 4.69) is 25.6 Å². The highest BCUT2D eigenvalue weighted by atomic mass is 35.5. The van der Waals surface area contributed by atoms with Crippen LogP contribution in [0.3, 0.4) is 0 Å². The lowest BCUT2D eigenvalue weighted by atomic mass is 10.1. The van der Waals surface area contributed by atoms with Crippen molar-refractivity contribution in [3.8, 4) is 16.3 Å². The SMILES string of the molecule is CS(=O)(=O)C[C@@H](NCC1CC1)c1cnc(-c2ccc3ncnc(Nc4ccc(OCc5cccc(F)c5)c(Cl)c4)c3c2)s1. The Kier molecular flexibility index (Phi) is 8.58. The lowest BCUT2D eigenvalue weighted by molar-refractivity contribution is 0.306. The molecule has 0 saturated heterocycles. The zero-order valence-corrected chi connectivity index (χ0v) is 25.6. The highest BCUT2D eigenvalue weighted by molar-refractivity contribution is 7.90. The molecule has 8 nitrogen and oxygen atoms in total. The minimum atomic E-state index is -3.18. The number of sulfone groups is 1. The topological polar surface area (TPSA) is 106 Å². The van der Waals surface area contributed by atoms with E-state index >= 15 is 0 Å². The highest BCUT2D eigenvalue weighted by Crippen LogP contribution is 2.35. The number of fused-ring (bicyclic) bond motifs is 1. The molecule has 1 aliphatic carbocycles. The van der Waals surface area contributed by atoms with Crippen molar-refractivity contribution in [1.29, 1.82) is 0 Å². The van der Waals surface area contributed by atoms with E-state index in [1.165, 1.54) is 48.9 Å². The standard InChI is InChI=1S/C31H29ClFN5O3S2/c1-43(39,40)17-27(34-14-19-5-6-19)29-15-35-31(42-29)21-7-9-26-24(12-21)30(37-18-36-26)38-23-8-10-28(25(32)13-23)41-16-20-3-2-4-22(33)11-20/h2-4,7-13,15,18-19,27,34H,5-6,14,16-17H2,1H3,(H,36,37,38)/t27-/m1/s1. The minimum absolute atomic E-state index is 0.0260. The van der Waals surface area contributed by atoms with Crippen LogP contribution in [0.5, 0.6) is 5.75 Å². The van der Waals surface area contributed by atoms with Crippen LogP contribution in [-0.4, -0.2) is 41.9 Å². The number of hydrogen-bond donors (Lipinski definition) is 2. The van der Waals surface area contributed by atoms with Crippen molar-refractivity contribution in [3.63, 3.8) is 0 Å².